The van der Waals surface area contributed by atoms with Gasteiger partial charge in [-0.05, 0) is 70.6 Å². The van der Waals surface area contributed by atoms with Gasteiger partial charge in [-0.15, -0.1) is 0 Å². The Morgan fingerprint density at radius 3 is 1.29 bits per heavy atom. The Morgan fingerprint density at radius 2 is 0.845 bits per heavy atom. The summed E-state index contributed by atoms with van der Waals surface area (Å²) in [5.74, 6) is -0.505. The van der Waals surface area contributed by atoms with Gasteiger partial charge in [-0.25, -0.2) is 0 Å². The lowest BCUT2D eigenvalue weighted by molar-refractivity contribution is -0.151. The largest absolute Gasteiger partial charge is 0.462 e. The molecule has 1 amide bonds. The van der Waals surface area contributed by atoms with Crippen LogP contribution in [0.2, 0.25) is 0 Å². The molecule has 0 aliphatic rings. The second kappa shape index (κ2) is 46.4. The number of unbranched alkanes of at least 4 members (excludes halogenated alkanes) is 30. The molecule has 58 heavy (non-hydrogen) atoms. The number of aliphatic hydroxyl groups is 2. The number of allylic oxidation sites excluding steroid dienone is 4. The van der Waals surface area contributed by atoms with Crippen LogP contribution in [0.5, 0.6) is 0 Å². The van der Waals surface area contributed by atoms with E-state index in [1.165, 1.54) is 167 Å². The maximum Gasteiger partial charge on any atom is 0.306 e. The first kappa shape index (κ1) is 56.3. The summed E-state index contributed by atoms with van der Waals surface area (Å²) in [7, 11) is 0. The normalized spacial score (nSPS) is 13.4. The predicted molar refractivity (Wildman–Crippen MR) is 250 cm³/mol. The highest BCUT2D eigenvalue weighted by Crippen LogP contribution is 2.17. The monoisotopic (exact) mass is 818 g/mol. The van der Waals surface area contributed by atoms with Crippen LogP contribution >= 0.6 is 0 Å². The van der Waals surface area contributed by atoms with E-state index in [2.05, 4.69) is 50.4 Å². The molecule has 0 heterocycles. The third-order valence-electron chi connectivity index (χ3n) is 11.8. The number of carbonyl (C=O) groups excluding carboxylic acids is 2. The SMILES string of the molecule is CCCCC/C=C\CCCCCCCC(=O)OC(CCC/C=C\CCCCCCCC)CC(=O)NC(CO)C(O)CCCCCCCCCCCCCCCCCC. The van der Waals surface area contributed by atoms with E-state index < -0.39 is 18.2 Å². The van der Waals surface area contributed by atoms with E-state index in [1.54, 1.807) is 0 Å². The molecule has 3 N–H and O–H groups in total. The van der Waals surface area contributed by atoms with Gasteiger partial charge < -0.3 is 20.3 Å². The predicted octanol–water partition coefficient (Wildman–Crippen LogP) is 15.1. The van der Waals surface area contributed by atoms with Crippen LogP contribution in [0.1, 0.15) is 271 Å². The first-order valence-corrected chi connectivity index (χ1v) is 25.6. The molecular weight excluding hydrogens is 719 g/mol. The minimum absolute atomic E-state index is 0.0570. The van der Waals surface area contributed by atoms with Crippen molar-refractivity contribution in [2.24, 2.45) is 0 Å². The Morgan fingerprint density at radius 1 is 0.483 bits per heavy atom. The number of rotatable bonds is 46. The Bertz CT molecular complexity index is 919. The second-order valence-corrected chi connectivity index (χ2v) is 17.6. The number of ether oxygens (including phenoxy) is 1. The Hall–Kier alpha value is -1.66. The van der Waals surface area contributed by atoms with E-state index in [-0.39, 0.29) is 24.9 Å². The van der Waals surface area contributed by atoms with Crippen molar-refractivity contribution in [3.05, 3.63) is 24.3 Å². The maximum atomic E-state index is 13.2. The highest BCUT2D eigenvalue weighted by atomic mass is 16.5. The van der Waals surface area contributed by atoms with E-state index in [0.717, 1.165) is 57.8 Å². The Labute approximate surface area is 361 Å². The number of carbonyl (C=O) groups is 2. The van der Waals surface area contributed by atoms with Crippen molar-refractivity contribution in [3.63, 3.8) is 0 Å². The van der Waals surface area contributed by atoms with Crippen molar-refractivity contribution in [1.29, 1.82) is 0 Å². The van der Waals surface area contributed by atoms with Crippen LogP contribution < -0.4 is 5.32 Å². The summed E-state index contributed by atoms with van der Waals surface area (Å²) < 4.78 is 5.89. The standard InChI is InChI=1S/C52H99NO5/c1-4-7-10-13-16-19-22-24-25-26-27-29-32-35-38-41-44-50(55)49(47-54)53-51(56)46-48(43-40-37-34-31-28-21-18-15-12-9-6-3)58-52(57)45-42-39-36-33-30-23-20-17-14-11-8-5-2/h17,20,31,34,48-50,54-55H,4-16,18-19,21-30,32-33,35-47H2,1-3H3,(H,53,56)/b20-17-,34-31-. The fourth-order valence-corrected chi connectivity index (χ4v) is 7.84. The molecule has 3 unspecified atom stereocenters. The van der Waals surface area contributed by atoms with Gasteiger partial charge in [0.25, 0.3) is 0 Å². The van der Waals surface area contributed by atoms with Crippen molar-refractivity contribution in [2.75, 3.05) is 6.61 Å². The molecule has 0 fully saturated rings. The van der Waals surface area contributed by atoms with Gasteiger partial charge in [-0.2, -0.15) is 0 Å². The summed E-state index contributed by atoms with van der Waals surface area (Å²) in [6.07, 6.45) is 52.4. The van der Waals surface area contributed by atoms with Crippen LogP contribution in [0, 0.1) is 0 Å². The first-order valence-electron chi connectivity index (χ1n) is 25.6. The number of aliphatic hydroxyl groups excluding tert-OH is 2. The summed E-state index contributed by atoms with van der Waals surface area (Å²) in [6.45, 7) is 6.45. The number of hydrogen-bond acceptors (Lipinski definition) is 5. The van der Waals surface area contributed by atoms with Gasteiger partial charge in [0.2, 0.25) is 5.91 Å². The van der Waals surface area contributed by atoms with E-state index in [1.807, 2.05) is 0 Å². The van der Waals surface area contributed by atoms with Crippen LogP contribution in [-0.4, -0.2) is 46.9 Å². The molecule has 0 rings (SSSR count). The molecule has 342 valence electrons. The zero-order valence-electron chi connectivity index (χ0n) is 38.9. The molecule has 0 saturated heterocycles. The van der Waals surface area contributed by atoms with Crippen molar-refractivity contribution < 1.29 is 24.5 Å². The lowest BCUT2D eigenvalue weighted by Gasteiger charge is -2.24. The molecule has 0 bridgehead atoms. The Balaban J connectivity index is 4.51. The molecule has 0 aliphatic carbocycles. The van der Waals surface area contributed by atoms with Gasteiger partial charge in [0.1, 0.15) is 6.10 Å². The number of nitrogens with one attached hydrogen (secondary N) is 1. The van der Waals surface area contributed by atoms with Crippen LogP contribution in [0.3, 0.4) is 0 Å². The van der Waals surface area contributed by atoms with E-state index in [0.29, 0.717) is 19.3 Å². The van der Waals surface area contributed by atoms with Gasteiger partial charge >= 0.3 is 5.97 Å². The van der Waals surface area contributed by atoms with Gasteiger partial charge in [0, 0.05) is 6.42 Å². The third kappa shape index (κ3) is 41.1. The van der Waals surface area contributed by atoms with Gasteiger partial charge in [-0.1, -0.05) is 212 Å². The van der Waals surface area contributed by atoms with E-state index in [9.17, 15) is 19.8 Å². The van der Waals surface area contributed by atoms with Gasteiger partial charge in [-0.3, -0.25) is 9.59 Å². The van der Waals surface area contributed by atoms with Crippen molar-refractivity contribution >= 4 is 11.9 Å². The average Bonchev–Trinajstić information content (AvgIpc) is 3.22. The number of amides is 1. The lowest BCUT2D eigenvalue weighted by atomic mass is 10.0. The van der Waals surface area contributed by atoms with Crippen LogP contribution in [0.15, 0.2) is 24.3 Å². The van der Waals surface area contributed by atoms with Gasteiger partial charge in [0.15, 0.2) is 0 Å². The summed E-state index contributed by atoms with van der Waals surface area (Å²) in [4.78, 5) is 26.0. The molecule has 0 aliphatic heterocycles. The fraction of sp³-hybridized carbons (Fsp3) is 0.885. The molecular formula is C52H99NO5. The van der Waals surface area contributed by atoms with Crippen molar-refractivity contribution in [1.82, 2.24) is 5.32 Å². The zero-order valence-corrected chi connectivity index (χ0v) is 38.9. The molecule has 6 nitrogen and oxygen atoms in total. The highest BCUT2D eigenvalue weighted by molar-refractivity contribution is 5.77. The molecule has 6 heteroatoms. The van der Waals surface area contributed by atoms with E-state index >= 15 is 0 Å². The van der Waals surface area contributed by atoms with Crippen molar-refractivity contribution in [2.45, 2.75) is 289 Å². The Kier molecular flexibility index (Phi) is 45.1. The third-order valence-corrected chi connectivity index (χ3v) is 11.8. The maximum absolute atomic E-state index is 13.2. The minimum atomic E-state index is -0.791. The first-order chi connectivity index (χ1) is 28.5. The molecule has 3 atom stereocenters. The molecule has 0 aromatic heterocycles. The summed E-state index contributed by atoms with van der Waals surface area (Å²) in [6, 6.07) is -0.707. The highest BCUT2D eigenvalue weighted by Gasteiger charge is 2.24. The second-order valence-electron chi connectivity index (χ2n) is 17.6. The molecule has 0 saturated carbocycles. The molecule has 0 spiro atoms. The smallest absolute Gasteiger partial charge is 0.306 e. The van der Waals surface area contributed by atoms with Crippen LogP contribution in [-0.2, 0) is 14.3 Å². The molecule has 0 aromatic carbocycles. The lowest BCUT2D eigenvalue weighted by Crippen LogP contribution is -2.46. The van der Waals surface area contributed by atoms with Crippen LogP contribution in [0.25, 0.3) is 0 Å². The van der Waals surface area contributed by atoms with Gasteiger partial charge in [0.05, 0.1) is 25.2 Å². The average molecular weight is 818 g/mol. The van der Waals surface area contributed by atoms with Crippen molar-refractivity contribution in [3.8, 4) is 0 Å². The quantitative estimate of drug-likeness (QED) is 0.0323. The fourth-order valence-electron chi connectivity index (χ4n) is 7.84. The number of esters is 1. The minimum Gasteiger partial charge on any atom is -0.462 e. The topological polar surface area (TPSA) is 95.9 Å². The summed E-state index contributed by atoms with van der Waals surface area (Å²) >= 11 is 0. The van der Waals surface area contributed by atoms with Crippen LogP contribution in [0.4, 0.5) is 0 Å². The zero-order chi connectivity index (χ0) is 42.4. The summed E-state index contributed by atoms with van der Waals surface area (Å²) in [5.41, 5.74) is 0. The van der Waals surface area contributed by atoms with E-state index in [4.69, 9.17) is 4.74 Å². The number of hydrogen-bond donors (Lipinski definition) is 3. The molecule has 0 radical (unpaired) electrons. The molecule has 0 aromatic rings. The summed E-state index contributed by atoms with van der Waals surface area (Å²) in [5, 5.41) is 23.7.